The summed E-state index contributed by atoms with van der Waals surface area (Å²) in [7, 11) is 0. The largest absolute Gasteiger partial charge is 0.393 e. The minimum atomic E-state index is -0.768. The highest BCUT2D eigenvalue weighted by Crippen LogP contribution is 2.41. The number of fused-ring (bicyclic) bond motifs is 3. The van der Waals surface area contributed by atoms with Crippen molar-refractivity contribution >= 4 is 33.4 Å². The molecule has 2 saturated heterocycles. The molecule has 184 valence electrons. The number of aliphatic hydroxyl groups excluding tert-OH is 1. The van der Waals surface area contributed by atoms with Crippen molar-refractivity contribution in [3.05, 3.63) is 34.7 Å². The number of aromatic nitrogens is 3. The summed E-state index contributed by atoms with van der Waals surface area (Å²) in [6.07, 6.45) is 4.43. The van der Waals surface area contributed by atoms with E-state index in [9.17, 15) is 14.3 Å². The number of alkyl halides is 1. The molecule has 0 amide bonds. The third kappa shape index (κ3) is 3.50. The Bertz CT molecular complexity index is 1350. The highest BCUT2D eigenvalue weighted by Gasteiger charge is 2.49. The van der Waals surface area contributed by atoms with E-state index in [2.05, 4.69) is 21.3 Å². The van der Waals surface area contributed by atoms with Gasteiger partial charge in [-0.1, -0.05) is 6.07 Å². The Morgan fingerprint density at radius 2 is 1.86 bits per heavy atom. The summed E-state index contributed by atoms with van der Waals surface area (Å²) in [6, 6.07) is 6.11. The SMILES string of the molecule is O=c1c2cc(N3CC4(COC4)C3)ccc2c2cnc(NC3CC(F)C3)nc2n1C1CCC(O)CC1. The fourth-order valence-corrected chi connectivity index (χ4v) is 6.21. The molecule has 0 unspecified atom stereocenters. The van der Waals surface area contributed by atoms with Gasteiger partial charge in [-0.05, 0) is 56.0 Å². The molecule has 3 aromatic rings. The first-order valence-electron chi connectivity index (χ1n) is 12.7. The predicted molar refractivity (Wildman–Crippen MR) is 132 cm³/mol. The maximum absolute atomic E-state index is 14.0. The van der Waals surface area contributed by atoms with Crippen molar-refractivity contribution in [2.45, 2.75) is 62.9 Å². The van der Waals surface area contributed by atoms with Gasteiger partial charge in [0.1, 0.15) is 11.8 Å². The average molecular weight is 480 g/mol. The highest BCUT2D eigenvalue weighted by atomic mass is 19.1. The van der Waals surface area contributed by atoms with Gasteiger partial charge in [0.25, 0.3) is 5.56 Å². The zero-order valence-corrected chi connectivity index (χ0v) is 19.6. The van der Waals surface area contributed by atoms with Crippen LogP contribution in [0.5, 0.6) is 0 Å². The fourth-order valence-electron chi connectivity index (χ4n) is 6.21. The van der Waals surface area contributed by atoms with Crippen molar-refractivity contribution in [1.82, 2.24) is 14.5 Å². The quantitative estimate of drug-likeness (QED) is 0.556. The third-order valence-electron chi connectivity index (χ3n) is 8.42. The van der Waals surface area contributed by atoms with Gasteiger partial charge in [-0.25, -0.2) is 9.37 Å². The van der Waals surface area contributed by atoms with Crippen molar-refractivity contribution < 1.29 is 14.2 Å². The van der Waals surface area contributed by atoms with Crippen LogP contribution >= 0.6 is 0 Å². The van der Waals surface area contributed by atoms with Crippen LogP contribution in [0.1, 0.15) is 44.6 Å². The monoisotopic (exact) mass is 479 g/mol. The summed E-state index contributed by atoms with van der Waals surface area (Å²) < 4.78 is 20.6. The molecule has 1 aromatic carbocycles. The fraction of sp³-hybridized carbons (Fsp3) is 0.577. The van der Waals surface area contributed by atoms with Crippen LogP contribution in [0.2, 0.25) is 0 Å². The molecule has 2 saturated carbocycles. The maximum Gasteiger partial charge on any atom is 0.260 e. The molecule has 7 rings (SSSR count). The second-order valence-corrected chi connectivity index (χ2v) is 11.1. The van der Waals surface area contributed by atoms with E-state index in [0.717, 1.165) is 55.6 Å². The zero-order chi connectivity index (χ0) is 23.7. The third-order valence-corrected chi connectivity index (χ3v) is 8.42. The number of ether oxygens (including phenoxy) is 1. The lowest BCUT2D eigenvalue weighted by molar-refractivity contribution is -0.127. The number of hydrogen-bond acceptors (Lipinski definition) is 7. The molecule has 4 aliphatic rings. The smallest absolute Gasteiger partial charge is 0.260 e. The van der Waals surface area contributed by atoms with Gasteiger partial charge in [0.2, 0.25) is 5.95 Å². The molecule has 2 aliphatic heterocycles. The van der Waals surface area contributed by atoms with Crippen LogP contribution < -0.4 is 15.8 Å². The topological polar surface area (TPSA) is 92.5 Å². The number of pyridine rings is 1. The Kier molecular flexibility index (Phi) is 4.83. The van der Waals surface area contributed by atoms with E-state index in [4.69, 9.17) is 9.72 Å². The molecule has 4 fully saturated rings. The number of anilines is 2. The van der Waals surface area contributed by atoms with E-state index in [-0.39, 0.29) is 23.7 Å². The maximum atomic E-state index is 14.0. The summed E-state index contributed by atoms with van der Waals surface area (Å²) in [5.41, 5.74) is 1.92. The second-order valence-electron chi connectivity index (χ2n) is 11.1. The minimum Gasteiger partial charge on any atom is -0.393 e. The van der Waals surface area contributed by atoms with Gasteiger partial charge in [-0.3, -0.25) is 9.36 Å². The Hall–Kier alpha value is -2.78. The van der Waals surface area contributed by atoms with Crippen LogP contribution in [0.15, 0.2) is 29.2 Å². The molecular formula is C26H30FN5O3. The molecule has 4 heterocycles. The predicted octanol–water partition coefficient (Wildman–Crippen LogP) is 3.17. The molecule has 2 N–H and O–H groups in total. The molecule has 9 heteroatoms. The van der Waals surface area contributed by atoms with Gasteiger partial charge in [0.15, 0.2) is 0 Å². The number of nitrogens with zero attached hydrogens (tertiary/aromatic N) is 4. The van der Waals surface area contributed by atoms with Gasteiger partial charge in [0, 0.05) is 42.4 Å². The van der Waals surface area contributed by atoms with Crippen molar-refractivity contribution in [3.8, 4) is 0 Å². The number of benzene rings is 1. The molecule has 8 nitrogen and oxygen atoms in total. The summed E-state index contributed by atoms with van der Waals surface area (Å²) in [5.74, 6) is 0.433. The summed E-state index contributed by atoms with van der Waals surface area (Å²) in [5, 5.41) is 15.7. The van der Waals surface area contributed by atoms with Crippen molar-refractivity contribution in [2.75, 3.05) is 36.5 Å². The molecule has 35 heavy (non-hydrogen) atoms. The van der Waals surface area contributed by atoms with Gasteiger partial charge in [-0.15, -0.1) is 0 Å². The first-order valence-corrected chi connectivity index (χ1v) is 12.7. The van der Waals surface area contributed by atoms with Crippen LogP contribution in [-0.4, -0.2) is 64.3 Å². The molecule has 2 aliphatic carbocycles. The Morgan fingerprint density at radius 3 is 2.54 bits per heavy atom. The van der Waals surface area contributed by atoms with E-state index < -0.39 is 6.17 Å². The first kappa shape index (κ1) is 21.5. The molecule has 1 spiro atoms. The average Bonchev–Trinajstić information content (AvgIpc) is 2.77. The summed E-state index contributed by atoms with van der Waals surface area (Å²) in [6.45, 7) is 3.56. The van der Waals surface area contributed by atoms with Crippen molar-refractivity contribution in [1.29, 1.82) is 0 Å². The summed E-state index contributed by atoms with van der Waals surface area (Å²) >= 11 is 0. The number of aliphatic hydroxyl groups is 1. The molecular weight excluding hydrogens is 449 g/mol. The molecule has 0 atom stereocenters. The van der Waals surface area contributed by atoms with Crippen molar-refractivity contribution in [3.63, 3.8) is 0 Å². The Balaban J connectivity index is 1.33. The number of rotatable bonds is 4. The molecule has 2 aromatic heterocycles. The first-order chi connectivity index (χ1) is 17.0. The van der Waals surface area contributed by atoms with Gasteiger partial charge >= 0.3 is 0 Å². The van der Waals surface area contributed by atoms with Crippen LogP contribution in [0.3, 0.4) is 0 Å². The van der Waals surface area contributed by atoms with Crippen LogP contribution in [0.4, 0.5) is 16.0 Å². The van der Waals surface area contributed by atoms with E-state index in [0.29, 0.717) is 48.1 Å². The standard InChI is InChI=1S/C26H30FN5O3/c27-15-7-16(8-15)29-25-28-10-22-20-6-3-18(31-11-26(12-31)13-35-14-26)9-21(20)24(34)32(23(22)30-25)17-1-4-19(33)5-2-17/h3,6,9-10,15-17,19,33H,1-2,4-5,7-8,11-14H2,(H,28,29,30). The lowest BCUT2D eigenvalue weighted by Gasteiger charge is -2.56. The van der Waals surface area contributed by atoms with Crippen LogP contribution in [0, 0.1) is 5.41 Å². The van der Waals surface area contributed by atoms with E-state index in [1.807, 2.05) is 16.7 Å². The molecule has 0 bridgehead atoms. The van der Waals surface area contributed by atoms with Gasteiger partial charge < -0.3 is 20.1 Å². The van der Waals surface area contributed by atoms with Gasteiger partial charge in [0.05, 0.1) is 30.1 Å². The van der Waals surface area contributed by atoms with Crippen LogP contribution in [-0.2, 0) is 4.74 Å². The lowest BCUT2D eigenvalue weighted by atomic mass is 9.77. The van der Waals surface area contributed by atoms with Crippen molar-refractivity contribution in [2.24, 2.45) is 5.41 Å². The van der Waals surface area contributed by atoms with Gasteiger partial charge in [-0.2, -0.15) is 4.98 Å². The van der Waals surface area contributed by atoms with Crippen LogP contribution in [0.25, 0.3) is 21.8 Å². The van der Waals surface area contributed by atoms with E-state index in [1.54, 1.807) is 6.20 Å². The lowest BCUT2D eigenvalue weighted by Crippen LogP contribution is -2.66. The number of hydrogen-bond donors (Lipinski definition) is 2. The number of halogens is 1. The Labute approximate surface area is 202 Å². The molecule has 0 radical (unpaired) electrons. The normalized spacial score (nSPS) is 29.6. The highest BCUT2D eigenvalue weighted by molar-refractivity contribution is 6.05. The Morgan fingerprint density at radius 1 is 1.09 bits per heavy atom. The zero-order valence-electron chi connectivity index (χ0n) is 19.6. The van der Waals surface area contributed by atoms with E-state index >= 15 is 0 Å². The second kappa shape index (κ2) is 7.86. The minimum absolute atomic E-state index is 0.0244. The number of nitrogens with one attached hydrogen (secondary N) is 1. The van der Waals surface area contributed by atoms with E-state index in [1.165, 1.54) is 0 Å². The summed E-state index contributed by atoms with van der Waals surface area (Å²) in [4.78, 5) is 25.6.